The third-order valence-corrected chi connectivity index (χ3v) is 3.24. The molecule has 0 aromatic carbocycles. The number of oxime groups is 1. The summed E-state index contributed by atoms with van der Waals surface area (Å²) in [6, 6.07) is 0. The number of amidine groups is 1. The van der Waals surface area contributed by atoms with Crippen molar-refractivity contribution in [3.05, 3.63) is 17.6 Å². The average Bonchev–Trinajstić information content (AvgIpc) is 2.42. The summed E-state index contributed by atoms with van der Waals surface area (Å²) < 4.78 is 0. The molecule has 1 fully saturated rings. The summed E-state index contributed by atoms with van der Waals surface area (Å²) in [4.78, 5) is 13.3. The molecular formula is C12H20N6O. The maximum Gasteiger partial charge on any atom is 0.153 e. The first-order valence-electron chi connectivity index (χ1n) is 6.34. The van der Waals surface area contributed by atoms with Crippen molar-refractivity contribution in [1.29, 1.82) is 0 Å². The number of aryl methyl sites for hydroxylation is 2. The number of hydrogen-bond donors (Lipinski definition) is 2. The number of aromatic nitrogens is 2. The summed E-state index contributed by atoms with van der Waals surface area (Å²) in [6.07, 6.45) is 1.79. The first kappa shape index (κ1) is 13.5. The molecule has 0 bridgehead atoms. The Bertz CT molecular complexity index is 467. The summed E-state index contributed by atoms with van der Waals surface area (Å²) in [7, 11) is 0. The second-order valence-corrected chi connectivity index (χ2v) is 4.77. The van der Waals surface area contributed by atoms with E-state index in [1.54, 1.807) is 6.20 Å². The fourth-order valence-corrected chi connectivity index (χ4v) is 2.20. The first-order valence-corrected chi connectivity index (χ1v) is 6.34. The van der Waals surface area contributed by atoms with Crippen LogP contribution >= 0.6 is 0 Å². The predicted molar refractivity (Wildman–Crippen MR) is 73.6 cm³/mol. The van der Waals surface area contributed by atoms with Crippen LogP contribution in [0.5, 0.6) is 0 Å². The highest BCUT2D eigenvalue weighted by atomic mass is 16.4. The zero-order chi connectivity index (χ0) is 13.8. The Balaban J connectivity index is 1.98. The molecule has 1 aromatic rings. The Labute approximate surface area is 112 Å². The lowest BCUT2D eigenvalue weighted by molar-refractivity contribution is 0.278. The minimum absolute atomic E-state index is 0.250. The van der Waals surface area contributed by atoms with Crippen LogP contribution in [0.25, 0.3) is 0 Å². The van der Waals surface area contributed by atoms with Crippen LogP contribution in [-0.4, -0.2) is 58.6 Å². The van der Waals surface area contributed by atoms with E-state index in [2.05, 4.69) is 24.9 Å². The summed E-state index contributed by atoms with van der Waals surface area (Å²) in [6.45, 7) is 7.91. The van der Waals surface area contributed by atoms with Crippen LogP contribution < -0.4 is 10.6 Å². The molecule has 1 saturated heterocycles. The van der Waals surface area contributed by atoms with Gasteiger partial charge in [0.15, 0.2) is 5.84 Å². The van der Waals surface area contributed by atoms with Gasteiger partial charge in [0.2, 0.25) is 0 Å². The van der Waals surface area contributed by atoms with Gasteiger partial charge in [0.05, 0.1) is 17.9 Å². The fourth-order valence-electron chi connectivity index (χ4n) is 2.20. The monoisotopic (exact) mass is 264 g/mol. The topological polar surface area (TPSA) is 90.9 Å². The smallest absolute Gasteiger partial charge is 0.153 e. The van der Waals surface area contributed by atoms with E-state index in [9.17, 15) is 0 Å². The van der Waals surface area contributed by atoms with Crippen molar-refractivity contribution in [2.24, 2.45) is 10.9 Å². The van der Waals surface area contributed by atoms with Gasteiger partial charge in [-0.25, -0.2) is 4.98 Å². The zero-order valence-corrected chi connectivity index (χ0v) is 11.4. The molecule has 0 spiro atoms. The highest BCUT2D eigenvalue weighted by molar-refractivity contribution is 5.81. The van der Waals surface area contributed by atoms with Gasteiger partial charge in [0.1, 0.15) is 5.82 Å². The van der Waals surface area contributed by atoms with E-state index in [0.29, 0.717) is 6.54 Å². The normalized spacial score (nSPS) is 17.8. The second-order valence-electron chi connectivity index (χ2n) is 4.77. The highest BCUT2D eigenvalue weighted by Crippen LogP contribution is 2.17. The van der Waals surface area contributed by atoms with Crippen molar-refractivity contribution in [2.75, 3.05) is 37.6 Å². The Morgan fingerprint density at radius 2 is 2.05 bits per heavy atom. The molecule has 104 valence electrons. The SMILES string of the molecule is Cc1cnc(C)c(N2CCN(CC(N)=NO)CC2)n1. The largest absolute Gasteiger partial charge is 0.409 e. The van der Waals surface area contributed by atoms with Crippen molar-refractivity contribution in [3.63, 3.8) is 0 Å². The molecule has 2 rings (SSSR count). The number of hydrogen-bond acceptors (Lipinski definition) is 6. The van der Waals surface area contributed by atoms with Gasteiger partial charge in [-0.1, -0.05) is 5.16 Å². The first-order chi connectivity index (χ1) is 9.10. The molecule has 7 heteroatoms. The van der Waals surface area contributed by atoms with Crippen LogP contribution in [0.1, 0.15) is 11.4 Å². The summed E-state index contributed by atoms with van der Waals surface area (Å²) in [5, 5.41) is 11.6. The maximum atomic E-state index is 8.57. The van der Waals surface area contributed by atoms with Crippen LogP contribution in [0.3, 0.4) is 0 Å². The molecule has 2 heterocycles. The molecule has 0 saturated carbocycles. The van der Waals surface area contributed by atoms with Crippen molar-refractivity contribution in [1.82, 2.24) is 14.9 Å². The van der Waals surface area contributed by atoms with Gasteiger partial charge in [-0.3, -0.25) is 9.88 Å². The molecule has 1 aliphatic heterocycles. The highest BCUT2D eigenvalue weighted by Gasteiger charge is 2.20. The Hall–Kier alpha value is -1.89. The van der Waals surface area contributed by atoms with E-state index in [0.717, 1.165) is 43.4 Å². The predicted octanol–water partition coefficient (Wildman–Crippen LogP) is -0.0382. The van der Waals surface area contributed by atoms with Crippen LogP contribution in [0, 0.1) is 13.8 Å². The number of piperazine rings is 1. The van der Waals surface area contributed by atoms with Crippen molar-refractivity contribution in [3.8, 4) is 0 Å². The summed E-state index contributed by atoms with van der Waals surface area (Å²) in [5.41, 5.74) is 7.40. The van der Waals surface area contributed by atoms with E-state index in [-0.39, 0.29) is 5.84 Å². The minimum atomic E-state index is 0.250. The molecule has 3 N–H and O–H groups in total. The van der Waals surface area contributed by atoms with Gasteiger partial charge in [-0.15, -0.1) is 0 Å². The van der Waals surface area contributed by atoms with Gasteiger partial charge in [0, 0.05) is 32.4 Å². The van der Waals surface area contributed by atoms with Gasteiger partial charge in [-0.05, 0) is 13.8 Å². The average molecular weight is 264 g/mol. The van der Waals surface area contributed by atoms with Crippen molar-refractivity contribution < 1.29 is 5.21 Å². The van der Waals surface area contributed by atoms with Crippen LogP contribution in [-0.2, 0) is 0 Å². The van der Waals surface area contributed by atoms with Gasteiger partial charge in [0.25, 0.3) is 0 Å². The molecule has 19 heavy (non-hydrogen) atoms. The lowest BCUT2D eigenvalue weighted by Gasteiger charge is -2.35. The molecule has 1 aliphatic rings. The minimum Gasteiger partial charge on any atom is -0.409 e. The lowest BCUT2D eigenvalue weighted by atomic mass is 10.3. The van der Waals surface area contributed by atoms with Gasteiger partial charge >= 0.3 is 0 Å². The summed E-state index contributed by atoms with van der Waals surface area (Å²) in [5.74, 6) is 1.21. The second kappa shape index (κ2) is 5.83. The summed E-state index contributed by atoms with van der Waals surface area (Å²) >= 11 is 0. The van der Waals surface area contributed by atoms with Crippen molar-refractivity contribution >= 4 is 11.7 Å². The Morgan fingerprint density at radius 3 is 2.68 bits per heavy atom. The lowest BCUT2D eigenvalue weighted by Crippen LogP contribution is -2.49. The van der Waals surface area contributed by atoms with E-state index in [4.69, 9.17) is 10.9 Å². The number of nitrogens with zero attached hydrogens (tertiary/aromatic N) is 5. The molecule has 0 aliphatic carbocycles. The Morgan fingerprint density at radius 1 is 1.37 bits per heavy atom. The molecule has 0 unspecified atom stereocenters. The van der Waals surface area contributed by atoms with Gasteiger partial charge < -0.3 is 15.8 Å². The maximum absolute atomic E-state index is 8.57. The molecule has 1 aromatic heterocycles. The van der Waals surface area contributed by atoms with E-state index in [1.807, 2.05) is 13.8 Å². The fraction of sp³-hybridized carbons (Fsp3) is 0.583. The molecule has 0 atom stereocenters. The Kier molecular flexibility index (Phi) is 4.16. The van der Waals surface area contributed by atoms with Crippen LogP contribution in [0.4, 0.5) is 5.82 Å². The van der Waals surface area contributed by atoms with Crippen LogP contribution in [0.2, 0.25) is 0 Å². The third kappa shape index (κ3) is 3.31. The number of rotatable bonds is 3. The van der Waals surface area contributed by atoms with Crippen molar-refractivity contribution in [2.45, 2.75) is 13.8 Å². The van der Waals surface area contributed by atoms with E-state index >= 15 is 0 Å². The zero-order valence-electron chi connectivity index (χ0n) is 11.4. The molecular weight excluding hydrogens is 244 g/mol. The molecule has 7 nitrogen and oxygen atoms in total. The van der Waals surface area contributed by atoms with Crippen LogP contribution in [0.15, 0.2) is 11.4 Å². The number of nitrogens with two attached hydrogens (primary N) is 1. The van der Waals surface area contributed by atoms with E-state index < -0.39 is 0 Å². The van der Waals surface area contributed by atoms with Gasteiger partial charge in [-0.2, -0.15) is 0 Å². The third-order valence-electron chi connectivity index (χ3n) is 3.24. The van der Waals surface area contributed by atoms with E-state index in [1.165, 1.54) is 0 Å². The molecule has 0 amide bonds. The number of anilines is 1. The quantitative estimate of drug-likeness (QED) is 0.344. The molecule has 0 radical (unpaired) electrons. The standard InChI is InChI=1S/C12H20N6O/c1-9-7-14-10(2)12(15-9)18-5-3-17(4-6-18)8-11(13)16-19/h7,19H,3-6,8H2,1-2H3,(H2,13,16).